The number of hydrogen-bond acceptors (Lipinski definition) is 4. The lowest BCUT2D eigenvalue weighted by Gasteiger charge is -2.11. The van der Waals surface area contributed by atoms with Gasteiger partial charge in [-0.2, -0.15) is 0 Å². The Morgan fingerprint density at radius 1 is 0.486 bits per heavy atom. The predicted octanol–water partition coefficient (Wildman–Crippen LogP) is 8.52. The van der Waals surface area contributed by atoms with Crippen LogP contribution >= 0.6 is 0 Å². The third kappa shape index (κ3) is 3.06. The van der Waals surface area contributed by atoms with E-state index in [0.717, 1.165) is 43.5 Å². The zero-order chi connectivity index (χ0) is 33.0. The summed E-state index contributed by atoms with van der Waals surface area (Å²) in [4.78, 5) is 13.5. The van der Waals surface area contributed by atoms with E-state index in [9.17, 15) is 0 Å². The zero-order valence-corrected chi connectivity index (χ0v) is 18.9. The Morgan fingerprint density at radius 3 is 1.57 bits per heavy atom. The van der Waals surface area contributed by atoms with Gasteiger partial charge in [0.05, 0.1) is 13.7 Å². The first-order chi connectivity index (χ1) is 22.5. The van der Waals surface area contributed by atoms with Crippen molar-refractivity contribution in [2.75, 3.05) is 0 Å². The number of nitrogens with zero attached hydrogens (tertiary/aromatic N) is 3. The Balaban J connectivity index is 1.47. The van der Waals surface area contributed by atoms with Crippen molar-refractivity contribution in [1.29, 1.82) is 0 Å². The molecule has 0 aliphatic carbocycles. The molecular formula is C33H19N3O. The molecule has 37 heavy (non-hydrogen) atoms. The second-order valence-electron chi connectivity index (χ2n) is 8.53. The van der Waals surface area contributed by atoms with Crippen LogP contribution in [0.25, 0.3) is 77.6 Å². The second-order valence-corrected chi connectivity index (χ2v) is 8.53. The fraction of sp³-hybridized carbons (Fsp3) is 0. The summed E-state index contributed by atoms with van der Waals surface area (Å²) in [5.41, 5.74) is 1.33. The quantitative estimate of drug-likeness (QED) is 0.236. The van der Waals surface area contributed by atoms with Gasteiger partial charge in [0.2, 0.25) is 0 Å². The standard InChI is InChI=1S/C33H19N3O/c1-3-9-20(10-4-1)31-34-32(21-11-5-2-6-12-21)36-33(35-31)22-17-18-23-24-13-7-15-27-29(24)30-25(26(23)19-22)14-8-16-28(30)37-27/h1-19H/i1D,2D,3D,4D,5D,6D,9D,10D,11D,12D. The molecular weight excluding hydrogens is 454 g/mol. The van der Waals surface area contributed by atoms with Gasteiger partial charge < -0.3 is 4.42 Å². The van der Waals surface area contributed by atoms with Crippen molar-refractivity contribution in [3.8, 4) is 34.2 Å². The molecule has 2 aromatic heterocycles. The van der Waals surface area contributed by atoms with Crippen LogP contribution in [0.2, 0.25) is 0 Å². The molecule has 0 amide bonds. The van der Waals surface area contributed by atoms with Crippen molar-refractivity contribution >= 4 is 43.5 Å². The molecule has 8 aromatic rings. The summed E-state index contributed by atoms with van der Waals surface area (Å²) in [5.74, 6) is -0.610. The number of fused-ring (bicyclic) bond motifs is 3. The molecule has 0 unspecified atom stereocenters. The number of furan rings is 1. The van der Waals surface area contributed by atoms with Gasteiger partial charge in [-0.3, -0.25) is 0 Å². The smallest absolute Gasteiger partial charge is 0.164 e. The van der Waals surface area contributed by atoms with E-state index in [4.69, 9.17) is 18.1 Å². The van der Waals surface area contributed by atoms with Crippen LogP contribution in [-0.2, 0) is 0 Å². The van der Waals surface area contributed by atoms with Crippen molar-refractivity contribution in [3.63, 3.8) is 0 Å². The van der Waals surface area contributed by atoms with Crippen molar-refractivity contribution < 1.29 is 18.1 Å². The van der Waals surface area contributed by atoms with Gasteiger partial charge in [0, 0.05) is 27.5 Å². The summed E-state index contributed by atoms with van der Waals surface area (Å²) < 4.78 is 89.2. The van der Waals surface area contributed by atoms with Gasteiger partial charge in [0.15, 0.2) is 17.5 Å². The van der Waals surface area contributed by atoms with Crippen LogP contribution in [0.3, 0.4) is 0 Å². The molecule has 6 aromatic carbocycles. The van der Waals surface area contributed by atoms with E-state index in [1.807, 2.05) is 48.5 Å². The van der Waals surface area contributed by atoms with E-state index < -0.39 is 60.4 Å². The number of rotatable bonds is 3. The average molecular weight is 484 g/mol. The summed E-state index contributed by atoms with van der Waals surface area (Å²) in [6, 6.07) is 11.4. The Kier molecular flexibility index (Phi) is 2.65. The molecule has 0 saturated carbocycles. The molecule has 4 heteroatoms. The zero-order valence-electron chi connectivity index (χ0n) is 28.9. The minimum absolute atomic E-state index is 0.00907. The molecule has 0 saturated heterocycles. The number of benzene rings is 6. The van der Waals surface area contributed by atoms with E-state index in [2.05, 4.69) is 15.0 Å². The van der Waals surface area contributed by atoms with E-state index in [0.29, 0.717) is 5.56 Å². The lowest BCUT2D eigenvalue weighted by molar-refractivity contribution is 0.669. The molecule has 0 atom stereocenters. The number of hydrogen-bond donors (Lipinski definition) is 0. The Bertz CT molecular complexity index is 2510. The van der Waals surface area contributed by atoms with Gasteiger partial charge >= 0.3 is 0 Å². The van der Waals surface area contributed by atoms with Crippen LogP contribution in [0.5, 0.6) is 0 Å². The molecule has 0 N–H and O–H groups in total. The lowest BCUT2D eigenvalue weighted by Crippen LogP contribution is -2.00. The fourth-order valence-electron chi connectivity index (χ4n) is 4.91. The lowest BCUT2D eigenvalue weighted by atomic mass is 9.93. The van der Waals surface area contributed by atoms with Crippen LogP contribution in [0, 0.1) is 0 Å². The minimum Gasteiger partial charge on any atom is -0.456 e. The molecule has 0 aliphatic rings. The second kappa shape index (κ2) is 7.70. The van der Waals surface area contributed by atoms with Gasteiger partial charge in [0.25, 0.3) is 0 Å². The summed E-state index contributed by atoms with van der Waals surface area (Å²) >= 11 is 0. The Hall–Kier alpha value is -5.09. The Labute approximate surface area is 226 Å². The van der Waals surface area contributed by atoms with Crippen LogP contribution in [0.15, 0.2) is 119 Å². The van der Waals surface area contributed by atoms with E-state index >= 15 is 0 Å². The van der Waals surface area contributed by atoms with Crippen LogP contribution in [0.1, 0.15) is 13.7 Å². The third-order valence-corrected chi connectivity index (χ3v) is 6.46. The molecule has 0 aliphatic heterocycles. The molecule has 0 spiro atoms. The van der Waals surface area contributed by atoms with Crippen molar-refractivity contribution in [2.24, 2.45) is 0 Å². The van der Waals surface area contributed by atoms with E-state index in [1.165, 1.54) is 0 Å². The number of aromatic nitrogens is 3. The normalized spacial score (nSPS) is 15.6. The highest BCUT2D eigenvalue weighted by Gasteiger charge is 2.18. The molecule has 0 fully saturated rings. The monoisotopic (exact) mass is 483 g/mol. The first-order valence-electron chi connectivity index (χ1n) is 16.5. The summed E-state index contributed by atoms with van der Waals surface area (Å²) in [7, 11) is 0. The molecule has 4 nitrogen and oxygen atoms in total. The maximum atomic E-state index is 8.56. The highest BCUT2D eigenvalue weighted by atomic mass is 16.3. The molecule has 172 valence electrons. The largest absolute Gasteiger partial charge is 0.456 e. The summed E-state index contributed by atoms with van der Waals surface area (Å²) in [6.07, 6.45) is 0. The van der Waals surface area contributed by atoms with Crippen LogP contribution < -0.4 is 0 Å². The van der Waals surface area contributed by atoms with Gasteiger partial charge in [0.1, 0.15) is 11.2 Å². The average Bonchev–Trinajstić information content (AvgIpc) is 3.47. The van der Waals surface area contributed by atoms with Crippen LogP contribution in [-0.4, -0.2) is 15.0 Å². The van der Waals surface area contributed by atoms with Gasteiger partial charge in [-0.15, -0.1) is 0 Å². The topological polar surface area (TPSA) is 51.8 Å². The Morgan fingerprint density at radius 2 is 1.00 bits per heavy atom. The maximum Gasteiger partial charge on any atom is 0.164 e. The highest BCUT2D eigenvalue weighted by molar-refractivity contribution is 6.33. The highest BCUT2D eigenvalue weighted by Crippen LogP contribution is 2.43. The van der Waals surface area contributed by atoms with Gasteiger partial charge in [-0.05, 0) is 39.7 Å². The predicted molar refractivity (Wildman–Crippen MR) is 150 cm³/mol. The third-order valence-electron chi connectivity index (χ3n) is 6.46. The summed E-state index contributed by atoms with van der Waals surface area (Å²) in [6.45, 7) is 0. The molecule has 0 bridgehead atoms. The minimum atomic E-state index is -0.598. The SMILES string of the molecule is [2H]c1c([2H])c([2H])c(-c2nc(-c3ccc4c(c3)c3cccc5oc6cccc4c6c53)nc(-c3c([2H])c([2H])c([2H])c([2H])c3[2H])n2)c([2H])c1[2H]. The van der Waals surface area contributed by atoms with Gasteiger partial charge in [-0.1, -0.05) is 96.8 Å². The molecule has 8 rings (SSSR count). The van der Waals surface area contributed by atoms with Gasteiger partial charge in [-0.25, -0.2) is 15.0 Å². The molecule has 2 heterocycles. The van der Waals surface area contributed by atoms with Crippen molar-refractivity contribution in [3.05, 3.63) is 115 Å². The van der Waals surface area contributed by atoms with E-state index in [1.54, 1.807) is 6.07 Å². The van der Waals surface area contributed by atoms with Crippen molar-refractivity contribution in [1.82, 2.24) is 15.0 Å². The van der Waals surface area contributed by atoms with E-state index in [-0.39, 0.29) is 28.6 Å². The summed E-state index contributed by atoms with van der Waals surface area (Å²) in [5, 5.41) is 5.65. The molecule has 0 radical (unpaired) electrons. The maximum absolute atomic E-state index is 8.56. The fourth-order valence-corrected chi connectivity index (χ4v) is 4.91. The van der Waals surface area contributed by atoms with Crippen molar-refractivity contribution in [2.45, 2.75) is 0 Å². The first-order valence-corrected chi connectivity index (χ1v) is 11.5. The first kappa shape index (κ1) is 12.7. The van der Waals surface area contributed by atoms with Crippen LogP contribution in [0.4, 0.5) is 0 Å².